The van der Waals surface area contributed by atoms with E-state index in [9.17, 15) is 9.59 Å². The van der Waals surface area contributed by atoms with Crippen LogP contribution in [0.2, 0.25) is 0 Å². The molecule has 0 aliphatic heterocycles. The second-order valence-corrected chi connectivity index (χ2v) is 5.41. The topological polar surface area (TPSA) is 116 Å². The van der Waals surface area contributed by atoms with E-state index in [0.717, 1.165) is 5.56 Å². The van der Waals surface area contributed by atoms with Gasteiger partial charge in [-0.2, -0.15) is 4.80 Å². The zero-order valence-corrected chi connectivity index (χ0v) is 13.5. The van der Waals surface area contributed by atoms with Gasteiger partial charge in [-0.25, -0.2) is 0 Å². The quantitative estimate of drug-likeness (QED) is 0.735. The van der Waals surface area contributed by atoms with Gasteiger partial charge in [-0.15, -0.1) is 10.2 Å². The number of aromatic nitrogens is 4. The Hall–Kier alpha value is -3.55. The molecular formula is C17H16N6O2. The molecule has 3 rings (SSSR count). The highest BCUT2D eigenvalue weighted by atomic mass is 16.2. The highest BCUT2D eigenvalue weighted by Crippen LogP contribution is 2.15. The molecule has 0 saturated carbocycles. The number of hydrogen-bond donors (Lipinski definition) is 2. The second-order valence-electron chi connectivity index (χ2n) is 5.41. The van der Waals surface area contributed by atoms with E-state index >= 15 is 0 Å². The van der Waals surface area contributed by atoms with Gasteiger partial charge in [0, 0.05) is 16.8 Å². The molecule has 8 heteroatoms. The van der Waals surface area contributed by atoms with Gasteiger partial charge in [-0.1, -0.05) is 30.3 Å². The van der Waals surface area contributed by atoms with Crippen molar-refractivity contribution < 1.29 is 9.59 Å². The van der Waals surface area contributed by atoms with Gasteiger partial charge in [0.25, 0.3) is 5.91 Å². The van der Waals surface area contributed by atoms with Crippen LogP contribution in [0.5, 0.6) is 0 Å². The number of anilines is 1. The maximum atomic E-state index is 12.3. The molecule has 0 radical (unpaired) electrons. The summed E-state index contributed by atoms with van der Waals surface area (Å²) in [4.78, 5) is 24.7. The number of hydrogen-bond acceptors (Lipinski definition) is 5. The molecule has 1 heterocycles. The summed E-state index contributed by atoms with van der Waals surface area (Å²) >= 11 is 0. The zero-order valence-electron chi connectivity index (χ0n) is 13.5. The summed E-state index contributed by atoms with van der Waals surface area (Å²) in [7, 11) is 0. The van der Waals surface area contributed by atoms with Crippen molar-refractivity contribution in [3.05, 3.63) is 60.2 Å². The Kier molecular flexibility index (Phi) is 4.51. The summed E-state index contributed by atoms with van der Waals surface area (Å²) in [5.41, 5.74) is 6.93. The Morgan fingerprint density at radius 3 is 2.40 bits per heavy atom. The van der Waals surface area contributed by atoms with Crippen molar-refractivity contribution in [2.24, 2.45) is 5.73 Å². The van der Waals surface area contributed by atoms with E-state index in [1.54, 1.807) is 31.2 Å². The third kappa shape index (κ3) is 3.69. The molecule has 0 aliphatic carbocycles. The van der Waals surface area contributed by atoms with Gasteiger partial charge in [-0.3, -0.25) is 9.59 Å². The number of primary amides is 1. The average Bonchev–Trinajstić information content (AvgIpc) is 3.12. The van der Waals surface area contributed by atoms with E-state index < -0.39 is 11.9 Å². The van der Waals surface area contributed by atoms with Crippen LogP contribution in [0.1, 0.15) is 23.3 Å². The van der Waals surface area contributed by atoms with Crippen LogP contribution >= 0.6 is 0 Å². The third-order valence-electron chi connectivity index (χ3n) is 3.62. The fourth-order valence-corrected chi connectivity index (χ4v) is 2.16. The van der Waals surface area contributed by atoms with Crippen molar-refractivity contribution >= 4 is 17.5 Å². The summed E-state index contributed by atoms with van der Waals surface area (Å²) in [5.74, 6) is -0.374. The second kappa shape index (κ2) is 6.91. The fourth-order valence-electron chi connectivity index (χ4n) is 2.16. The van der Waals surface area contributed by atoms with Gasteiger partial charge < -0.3 is 11.1 Å². The molecule has 3 aromatic rings. The summed E-state index contributed by atoms with van der Waals surface area (Å²) < 4.78 is 0. The number of amides is 2. The molecule has 0 saturated heterocycles. The number of benzene rings is 2. The number of nitrogens with one attached hydrogen (secondary N) is 1. The third-order valence-corrected chi connectivity index (χ3v) is 3.62. The van der Waals surface area contributed by atoms with Crippen LogP contribution in [0.15, 0.2) is 54.6 Å². The van der Waals surface area contributed by atoms with E-state index in [1.165, 1.54) is 4.80 Å². The Labute approximate surface area is 143 Å². The number of tetrazole rings is 1. The molecule has 1 atom stereocenters. The minimum atomic E-state index is -0.652. The fraction of sp³-hybridized carbons (Fsp3) is 0.118. The predicted molar refractivity (Wildman–Crippen MR) is 91.6 cm³/mol. The first-order chi connectivity index (χ1) is 12.0. The van der Waals surface area contributed by atoms with Gasteiger partial charge in [0.1, 0.15) is 6.04 Å². The smallest absolute Gasteiger partial charge is 0.250 e. The van der Waals surface area contributed by atoms with Crippen molar-refractivity contribution in [2.75, 3.05) is 5.32 Å². The molecule has 2 amide bonds. The normalized spacial score (nSPS) is 11.7. The molecule has 0 fully saturated rings. The number of carbonyl (C=O) groups excluding carboxylic acids is 2. The first-order valence-electron chi connectivity index (χ1n) is 7.60. The van der Waals surface area contributed by atoms with Gasteiger partial charge in [0.05, 0.1) is 0 Å². The molecule has 2 aromatic carbocycles. The molecule has 8 nitrogen and oxygen atoms in total. The Morgan fingerprint density at radius 2 is 1.76 bits per heavy atom. The van der Waals surface area contributed by atoms with Crippen molar-refractivity contribution in [1.82, 2.24) is 20.2 Å². The van der Waals surface area contributed by atoms with Gasteiger partial charge in [-0.05, 0) is 36.4 Å². The average molecular weight is 336 g/mol. The molecule has 126 valence electrons. The molecule has 1 unspecified atom stereocenters. The minimum absolute atomic E-state index is 0.302. The lowest BCUT2D eigenvalue weighted by Gasteiger charge is -2.11. The molecule has 0 spiro atoms. The lowest BCUT2D eigenvalue weighted by Crippen LogP contribution is -2.25. The lowest BCUT2D eigenvalue weighted by molar-refractivity contribution is -0.119. The first kappa shape index (κ1) is 16.3. The van der Waals surface area contributed by atoms with Crippen LogP contribution in [0.3, 0.4) is 0 Å². The molecule has 0 bridgehead atoms. The minimum Gasteiger partial charge on any atom is -0.366 e. The molecular weight excluding hydrogens is 320 g/mol. The van der Waals surface area contributed by atoms with Crippen LogP contribution in [-0.2, 0) is 4.79 Å². The summed E-state index contributed by atoms with van der Waals surface area (Å²) in [6, 6.07) is 15.0. The first-order valence-corrected chi connectivity index (χ1v) is 7.60. The van der Waals surface area contributed by atoms with E-state index in [-0.39, 0.29) is 5.91 Å². The van der Waals surface area contributed by atoms with Crippen molar-refractivity contribution in [3.8, 4) is 11.4 Å². The van der Waals surface area contributed by atoms with Crippen LogP contribution in [0.4, 0.5) is 5.69 Å². The number of carbonyl (C=O) groups is 2. The summed E-state index contributed by atoms with van der Waals surface area (Å²) in [6.07, 6.45) is 0. The Balaban J connectivity index is 1.70. The Morgan fingerprint density at radius 1 is 1.08 bits per heavy atom. The highest BCUT2D eigenvalue weighted by molar-refractivity contribution is 5.95. The van der Waals surface area contributed by atoms with Gasteiger partial charge in [0.15, 0.2) is 0 Å². The summed E-state index contributed by atoms with van der Waals surface area (Å²) in [6.45, 7) is 1.67. The standard InChI is InChI=1S/C17H16N6O2/c1-11(17(25)19-14-9-7-12(8-10-14)15(18)24)23-21-16(20-22-23)13-5-3-2-4-6-13/h2-11H,1H3,(H2,18,24)(H,19,25). The van der Waals surface area contributed by atoms with Gasteiger partial charge in [0.2, 0.25) is 11.7 Å². The van der Waals surface area contributed by atoms with Gasteiger partial charge >= 0.3 is 0 Å². The molecule has 0 aliphatic rings. The van der Waals surface area contributed by atoms with Crippen molar-refractivity contribution in [1.29, 1.82) is 0 Å². The Bertz CT molecular complexity index is 889. The maximum absolute atomic E-state index is 12.3. The number of rotatable bonds is 5. The largest absolute Gasteiger partial charge is 0.366 e. The van der Waals surface area contributed by atoms with Crippen LogP contribution in [0, 0.1) is 0 Å². The number of nitrogens with two attached hydrogens (primary N) is 1. The van der Waals surface area contributed by atoms with E-state index in [0.29, 0.717) is 17.1 Å². The molecule has 1 aromatic heterocycles. The SMILES string of the molecule is CC(C(=O)Nc1ccc(C(N)=O)cc1)n1nnc(-c2ccccc2)n1. The zero-order chi connectivity index (χ0) is 17.8. The van der Waals surface area contributed by atoms with Crippen molar-refractivity contribution in [2.45, 2.75) is 13.0 Å². The van der Waals surface area contributed by atoms with E-state index in [4.69, 9.17) is 5.73 Å². The highest BCUT2D eigenvalue weighted by Gasteiger charge is 2.19. The van der Waals surface area contributed by atoms with Crippen molar-refractivity contribution in [3.63, 3.8) is 0 Å². The monoisotopic (exact) mass is 336 g/mol. The van der Waals surface area contributed by atoms with Crippen LogP contribution < -0.4 is 11.1 Å². The van der Waals surface area contributed by atoms with Crippen LogP contribution in [0.25, 0.3) is 11.4 Å². The summed E-state index contributed by atoms with van der Waals surface area (Å²) in [5, 5.41) is 14.9. The van der Waals surface area contributed by atoms with E-state index in [1.807, 2.05) is 30.3 Å². The predicted octanol–water partition coefficient (Wildman–Crippen LogP) is 1.64. The molecule has 25 heavy (non-hydrogen) atoms. The lowest BCUT2D eigenvalue weighted by atomic mass is 10.2. The maximum Gasteiger partial charge on any atom is 0.250 e. The van der Waals surface area contributed by atoms with E-state index in [2.05, 4.69) is 20.7 Å². The number of nitrogens with zero attached hydrogens (tertiary/aromatic N) is 4. The molecule has 3 N–H and O–H groups in total. The van der Waals surface area contributed by atoms with Crippen LogP contribution in [-0.4, -0.2) is 32.0 Å².